The van der Waals surface area contributed by atoms with Crippen molar-refractivity contribution >= 4 is 5.78 Å². The highest BCUT2D eigenvalue weighted by molar-refractivity contribution is 5.82. The van der Waals surface area contributed by atoms with E-state index in [0.717, 1.165) is 0 Å². The molecule has 0 aromatic heterocycles. The molecule has 0 aliphatic heterocycles. The van der Waals surface area contributed by atoms with Crippen molar-refractivity contribution in [1.29, 1.82) is 0 Å². The Kier molecular flexibility index (Phi) is 3.46. The SMILES string of the molecule is C=CC[C@](C)(C(C)=O)[C@@H](C)O. The maximum absolute atomic E-state index is 11.1. The Morgan fingerprint density at radius 3 is 2.36 bits per heavy atom. The minimum Gasteiger partial charge on any atom is -0.392 e. The van der Waals surface area contributed by atoms with Crippen LogP contribution in [-0.2, 0) is 4.79 Å². The summed E-state index contributed by atoms with van der Waals surface area (Å²) >= 11 is 0. The van der Waals surface area contributed by atoms with Crippen molar-refractivity contribution in [2.45, 2.75) is 33.3 Å². The van der Waals surface area contributed by atoms with E-state index in [1.807, 2.05) is 0 Å². The van der Waals surface area contributed by atoms with E-state index in [1.54, 1.807) is 19.9 Å². The van der Waals surface area contributed by atoms with Crippen molar-refractivity contribution in [1.82, 2.24) is 0 Å². The van der Waals surface area contributed by atoms with Gasteiger partial charge in [-0.15, -0.1) is 6.58 Å². The van der Waals surface area contributed by atoms with Crippen molar-refractivity contribution in [3.63, 3.8) is 0 Å². The number of aliphatic hydroxyl groups is 1. The molecule has 0 fully saturated rings. The van der Waals surface area contributed by atoms with Crippen LogP contribution in [0.15, 0.2) is 12.7 Å². The average molecular weight is 156 g/mol. The van der Waals surface area contributed by atoms with E-state index in [9.17, 15) is 9.90 Å². The topological polar surface area (TPSA) is 37.3 Å². The molecule has 0 radical (unpaired) electrons. The Hall–Kier alpha value is -0.630. The van der Waals surface area contributed by atoms with Crippen molar-refractivity contribution in [2.24, 2.45) is 5.41 Å². The van der Waals surface area contributed by atoms with Crippen LogP contribution in [0.2, 0.25) is 0 Å². The fourth-order valence-electron chi connectivity index (χ4n) is 0.908. The lowest BCUT2D eigenvalue weighted by Gasteiger charge is -2.28. The first-order valence-electron chi connectivity index (χ1n) is 3.75. The molecule has 0 aliphatic rings. The second-order valence-electron chi connectivity index (χ2n) is 3.14. The van der Waals surface area contributed by atoms with Crippen LogP contribution in [0.1, 0.15) is 27.2 Å². The summed E-state index contributed by atoms with van der Waals surface area (Å²) in [5.74, 6) is 0.00685. The fraction of sp³-hybridized carbons (Fsp3) is 0.667. The second kappa shape index (κ2) is 3.67. The Morgan fingerprint density at radius 2 is 2.27 bits per heavy atom. The third-order valence-corrected chi connectivity index (χ3v) is 2.29. The summed E-state index contributed by atoms with van der Waals surface area (Å²) in [6, 6.07) is 0. The molecule has 0 rings (SSSR count). The number of hydrogen-bond acceptors (Lipinski definition) is 2. The monoisotopic (exact) mass is 156 g/mol. The molecule has 0 saturated heterocycles. The zero-order valence-corrected chi connectivity index (χ0v) is 7.42. The Balaban J connectivity index is 4.51. The number of carbonyl (C=O) groups is 1. The third kappa shape index (κ3) is 2.15. The lowest BCUT2D eigenvalue weighted by atomic mass is 9.78. The molecule has 2 atom stereocenters. The largest absolute Gasteiger partial charge is 0.392 e. The summed E-state index contributed by atoms with van der Waals surface area (Å²) in [5.41, 5.74) is -0.651. The van der Waals surface area contributed by atoms with Gasteiger partial charge in [0.2, 0.25) is 0 Å². The summed E-state index contributed by atoms with van der Waals surface area (Å²) < 4.78 is 0. The molecule has 0 saturated carbocycles. The molecule has 2 heteroatoms. The number of rotatable bonds is 4. The molecule has 0 amide bonds. The summed E-state index contributed by atoms with van der Waals surface area (Å²) in [5, 5.41) is 9.30. The highest BCUT2D eigenvalue weighted by Gasteiger charge is 2.33. The molecule has 0 bridgehead atoms. The summed E-state index contributed by atoms with van der Waals surface area (Å²) in [6.07, 6.45) is 1.58. The highest BCUT2D eigenvalue weighted by Crippen LogP contribution is 2.27. The van der Waals surface area contributed by atoms with Crippen LogP contribution < -0.4 is 0 Å². The van der Waals surface area contributed by atoms with Gasteiger partial charge in [0.25, 0.3) is 0 Å². The van der Waals surface area contributed by atoms with Gasteiger partial charge in [0.15, 0.2) is 0 Å². The zero-order chi connectivity index (χ0) is 9.07. The third-order valence-electron chi connectivity index (χ3n) is 2.29. The molecule has 64 valence electrons. The Labute approximate surface area is 67.9 Å². The van der Waals surface area contributed by atoms with Crippen molar-refractivity contribution in [3.05, 3.63) is 12.7 Å². The van der Waals surface area contributed by atoms with E-state index in [2.05, 4.69) is 6.58 Å². The number of carbonyl (C=O) groups excluding carboxylic acids is 1. The molecular weight excluding hydrogens is 140 g/mol. The highest BCUT2D eigenvalue weighted by atomic mass is 16.3. The number of hydrogen-bond donors (Lipinski definition) is 1. The molecular formula is C9H16O2. The molecule has 0 aliphatic carbocycles. The van der Waals surface area contributed by atoms with Gasteiger partial charge in [-0.25, -0.2) is 0 Å². The van der Waals surface area contributed by atoms with E-state index >= 15 is 0 Å². The summed E-state index contributed by atoms with van der Waals surface area (Å²) in [7, 11) is 0. The van der Waals surface area contributed by atoms with Gasteiger partial charge in [-0.1, -0.05) is 6.08 Å². The quantitative estimate of drug-likeness (QED) is 0.627. The first-order valence-corrected chi connectivity index (χ1v) is 3.75. The normalized spacial score (nSPS) is 18.5. The van der Waals surface area contributed by atoms with E-state index in [1.165, 1.54) is 6.92 Å². The van der Waals surface area contributed by atoms with Crippen LogP contribution in [0.5, 0.6) is 0 Å². The van der Waals surface area contributed by atoms with E-state index in [0.29, 0.717) is 6.42 Å². The van der Waals surface area contributed by atoms with Gasteiger partial charge in [-0.3, -0.25) is 4.79 Å². The maximum Gasteiger partial charge on any atom is 0.138 e. The van der Waals surface area contributed by atoms with E-state index in [4.69, 9.17) is 0 Å². The average Bonchev–Trinajstić information content (AvgIpc) is 1.87. The zero-order valence-electron chi connectivity index (χ0n) is 7.42. The van der Waals surface area contributed by atoms with Gasteiger partial charge in [0, 0.05) is 0 Å². The number of Topliss-reactive ketones (excluding diaryl/α,β-unsaturated/α-hetero) is 1. The van der Waals surface area contributed by atoms with Crippen molar-refractivity contribution < 1.29 is 9.90 Å². The summed E-state index contributed by atoms with van der Waals surface area (Å²) in [4.78, 5) is 11.1. The Morgan fingerprint density at radius 1 is 1.82 bits per heavy atom. The minimum absolute atomic E-state index is 0.00685. The minimum atomic E-state index is -0.651. The van der Waals surface area contributed by atoms with Gasteiger partial charge in [0.1, 0.15) is 5.78 Å². The second-order valence-corrected chi connectivity index (χ2v) is 3.14. The van der Waals surface area contributed by atoms with Crippen molar-refractivity contribution in [2.75, 3.05) is 0 Å². The lowest BCUT2D eigenvalue weighted by Crippen LogP contribution is -2.36. The first kappa shape index (κ1) is 10.4. The molecule has 2 nitrogen and oxygen atoms in total. The van der Waals surface area contributed by atoms with Gasteiger partial charge in [-0.05, 0) is 27.2 Å². The van der Waals surface area contributed by atoms with Crippen LogP contribution in [0.4, 0.5) is 0 Å². The lowest BCUT2D eigenvalue weighted by molar-refractivity contribution is -0.131. The molecule has 0 spiro atoms. The van der Waals surface area contributed by atoms with E-state index in [-0.39, 0.29) is 5.78 Å². The number of aliphatic hydroxyl groups excluding tert-OH is 1. The van der Waals surface area contributed by atoms with Gasteiger partial charge >= 0.3 is 0 Å². The molecule has 11 heavy (non-hydrogen) atoms. The van der Waals surface area contributed by atoms with Gasteiger partial charge in [-0.2, -0.15) is 0 Å². The van der Waals surface area contributed by atoms with Crippen LogP contribution in [0.25, 0.3) is 0 Å². The molecule has 1 N–H and O–H groups in total. The van der Waals surface area contributed by atoms with Crippen LogP contribution in [0.3, 0.4) is 0 Å². The molecule has 0 aromatic rings. The first-order chi connectivity index (χ1) is 4.95. The van der Waals surface area contributed by atoms with Crippen LogP contribution >= 0.6 is 0 Å². The van der Waals surface area contributed by atoms with Gasteiger partial charge in [0.05, 0.1) is 11.5 Å². The fourth-order valence-corrected chi connectivity index (χ4v) is 0.908. The number of allylic oxidation sites excluding steroid dienone is 1. The predicted octanol–water partition coefficient (Wildman–Crippen LogP) is 1.54. The predicted molar refractivity (Wildman–Crippen MR) is 45.3 cm³/mol. The van der Waals surface area contributed by atoms with Crippen molar-refractivity contribution in [3.8, 4) is 0 Å². The number of ketones is 1. The van der Waals surface area contributed by atoms with Gasteiger partial charge < -0.3 is 5.11 Å². The van der Waals surface area contributed by atoms with E-state index < -0.39 is 11.5 Å². The molecule has 0 aromatic carbocycles. The van der Waals surface area contributed by atoms with Crippen LogP contribution in [0, 0.1) is 5.41 Å². The Bertz CT molecular complexity index is 161. The maximum atomic E-state index is 11.1. The summed E-state index contributed by atoms with van der Waals surface area (Å²) in [6.45, 7) is 8.42. The van der Waals surface area contributed by atoms with Crippen LogP contribution in [-0.4, -0.2) is 17.0 Å². The smallest absolute Gasteiger partial charge is 0.138 e. The standard InChI is InChI=1S/C9H16O2/c1-5-6-9(4,7(2)10)8(3)11/h5,7,10H,1,6H2,2-4H3/t7-,9+/m1/s1. The molecule has 0 heterocycles. The molecule has 0 unspecified atom stereocenters.